The molecule has 0 radical (unpaired) electrons. The van der Waals surface area contributed by atoms with Gasteiger partial charge < -0.3 is 16.0 Å². The Balaban J connectivity index is 2.97. The quantitative estimate of drug-likeness (QED) is 0.883. The van der Waals surface area contributed by atoms with Gasteiger partial charge in [-0.15, -0.1) is 0 Å². The van der Waals surface area contributed by atoms with E-state index in [0.29, 0.717) is 22.7 Å². The molecule has 0 fully saturated rings. The van der Waals surface area contributed by atoms with Gasteiger partial charge >= 0.3 is 0 Å². The van der Waals surface area contributed by atoms with E-state index in [2.05, 4.69) is 5.32 Å². The van der Waals surface area contributed by atoms with Crippen LogP contribution in [0.25, 0.3) is 0 Å². The largest absolute Gasteiger partial charge is 0.345 e. The van der Waals surface area contributed by atoms with Gasteiger partial charge in [0.25, 0.3) is 5.91 Å². The van der Waals surface area contributed by atoms with Gasteiger partial charge in [-0.1, -0.05) is 18.5 Å². The second-order valence-corrected chi connectivity index (χ2v) is 4.81. The third-order valence-electron chi connectivity index (χ3n) is 2.65. The Morgan fingerprint density at radius 1 is 1.42 bits per heavy atom. The Morgan fingerprint density at radius 3 is 2.58 bits per heavy atom. The molecule has 0 aliphatic rings. The molecule has 5 nitrogen and oxygen atoms in total. The van der Waals surface area contributed by atoms with Crippen molar-refractivity contribution in [2.75, 3.05) is 19.4 Å². The predicted octanol–water partition coefficient (Wildman–Crippen LogP) is 1.72. The molecule has 1 atom stereocenters. The van der Waals surface area contributed by atoms with Crippen LogP contribution in [0.1, 0.15) is 23.7 Å². The molecule has 6 heteroatoms. The molecule has 19 heavy (non-hydrogen) atoms. The van der Waals surface area contributed by atoms with Gasteiger partial charge in [0.2, 0.25) is 5.91 Å². The molecule has 0 unspecified atom stereocenters. The first-order chi connectivity index (χ1) is 8.86. The molecule has 0 heterocycles. The van der Waals surface area contributed by atoms with Crippen LogP contribution in [0.15, 0.2) is 18.2 Å². The third-order valence-corrected chi connectivity index (χ3v) is 2.98. The van der Waals surface area contributed by atoms with E-state index in [0.717, 1.165) is 0 Å². The summed E-state index contributed by atoms with van der Waals surface area (Å²) in [6, 6.07) is 4.19. The number of halogens is 1. The van der Waals surface area contributed by atoms with Crippen LogP contribution in [-0.2, 0) is 4.79 Å². The first-order valence-corrected chi connectivity index (χ1v) is 6.32. The zero-order valence-corrected chi connectivity index (χ0v) is 12.0. The fourth-order valence-corrected chi connectivity index (χ4v) is 1.63. The molecule has 1 aromatic carbocycles. The van der Waals surface area contributed by atoms with Crippen molar-refractivity contribution >= 4 is 29.1 Å². The van der Waals surface area contributed by atoms with Crippen LogP contribution in [-0.4, -0.2) is 36.9 Å². The number of rotatable bonds is 4. The number of nitrogens with two attached hydrogens (primary N) is 1. The number of hydrogen-bond donors (Lipinski definition) is 2. The Labute approximate surface area is 117 Å². The zero-order chi connectivity index (χ0) is 14.6. The fraction of sp³-hybridized carbons (Fsp3) is 0.385. The summed E-state index contributed by atoms with van der Waals surface area (Å²) in [7, 11) is 3.27. The summed E-state index contributed by atoms with van der Waals surface area (Å²) in [5.41, 5.74) is 6.47. The summed E-state index contributed by atoms with van der Waals surface area (Å²) in [5, 5.41) is 3.00. The highest BCUT2D eigenvalue weighted by Crippen LogP contribution is 2.21. The molecule has 0 saturated carbocycles. The van der Waals surface area contributed by atoms with E-state index in [1.54, 1.807) is 32.3 Å². The molecule has 0 saturated heterocycles. The Hall–Kier alpha value is -1.59. The summed E-state index contributed by atoms with van der Waals surface area (Å²) in [6.45, 7) is 1.83. The lowest BCUT2D eigenvalue weighted by Crippen LogP contribution is -2.34. The minimum Gasteiger partial charge on any atom is -0.345 e. The van der Waals surface area contributed by atoms with Crippen LogP contribution < -0.4 is 11.1 Å². The van der Waals surface area contributed by atoms with Crippen molar-refractivity contribution in [2.24, 2.45) is 5.73 Å². The molecule has 0 aliphatic heterocycles. The first-order valence-electron chi connectivity index (χ1n) is 5.94. The zero-order valence-electron chi connectivity index (χ0n) is 11.2. The number of carbonyl (C=O) groups excluding carboxylic acids is 2. The van der Waals surface area contributed by atoms with Crippen molar-refractivity contribution < 1.29 is 9.59 Å². The van der Waals surface area contributed by atoms with Crippen LogP contribution in [0.5, 0.6) is 0 Å². The van der Waals surface area contributed by atoms with Gasteiger partial charge in [-0.25, -0.2) is 0 Å². The summed E-state index contributed by atoms with van der Waals surface area (Å²) in [6.07, 6.45) is 0.545. The molecule has 0 aromatic heterocycles. The maximum atomic E-state index is 11.9. The monoisotopic (exact) mass is 283 g/mol. The Kier molecular flexibility index (Phi) is 5.32. The lowest BCUT2D eigenvalue weighted by atomic mass is 10.1. The molecule has 0 aliphatic carbocycles. The summed E-state index contributed by atoms with van der Waals surface area (Å²) < 4.78 is 0. The van der Waals surface area contributed by atoms with E-state index in [4.69, 9.17) is 17.3 Å². The van der Waals surface area contributed by atoms with Crippen LogP contribution in [0.4, 0.5) is 5.69 Å². The van der Waals surface area contributed by atoms with E-state index in [9.17, 15) is 9.59 Å². The number of hydrogen-bond acceptors (Lipinski definition) is 3. The lowest BCUT2D eigenvalue weighted by molar-refractivity contribution is -0.117. The van der Waals surface area contributed by atoms with Crippen molar-refractivity contribution in [3.63, 3.8) is 0 Å². The molecule has 3 N–H and O–H groups in total. The van der Waals surface area contributed by atoms with Gasteiger partial charge in [0.15, 0.2) is 0 Å². The third kappa shape index (κ3) is 3.94. The fourth-order valence-electron chi connectivity index (χ4n) is 1.43. The van der Waals surface area contributed by atoms with Gasteiger partial charge in [0.05, 0.1) is 16.6 Å². The highest BCUT2D eigenvalue weighted by Gasteiger charge is 2.15. The maximum Gasteiger partial charge on any atom is 0.254 e. The standard InChI is InChI=1S/C13H18ClN3O2/c1-4-11(15)12(18)16-8-5-6-10(14)9(7-8)13(19)17(2)3/h5-7,11H,4,15H2,1-3H3,(H,16,18)/t11-/m0/s1. The molecule has 1 rings (SSSR count). The van der Waals surface area contributed by atoms with E-state index in [1.807, 2.05) is 6.92 Å². The van der Waals surface area contributed by atoms with Crippen LogP contribution in [0.2, 0.25) is 5.02 Å². The molecule has 0 bridgehead atoms. The Morgan fingerprint density at radius 2 is 2.05 bits per heavy atom. The number of nitrogens with one attached hydrogen (secondary N) is 1. The van der Waals surface area contributed by atoms with Gasteiger partial charge in [-0.3, -0.25) is 9.59 Å². The van der Waals surface area contributed by atoms with Crippen LogP contribution in [0, 0.1) is 0 Å². The summed E-state index contributed by atoms with van der Waals surface area (Å²) in [5.74, 6) is -0.506. The number of carbonyl (C=O) groups is 2. The van der Waals surface area contributed by atoms with E-state index in [1.165, 1.54) is 4.90 Å². The number of nitrogens with zero attached hydrogens (tertiary/aromatic N) is 1. The van der Waals surface area contributed by atoms with Gasteiger partial charge in [0.1, 0.15) is 0 Å². The average molecular weight is 284 g/mol. The molecular weight excluding hydrogens is 266 g/mol. The Bertz CT molecular complexity index is 489. The summed E-state index contributed by atoms with van der Waals surface area (Å²) >= 11 is 5.98. The average Bonchev–Trinajstić information content (AvgIpc) is 2.38. The second kappa shape index (κ2) is 6.54. The van der Waals surface area contributed by atoms with Crippen molar-refractivity contribution in [3.8, 4) is 0 Å². The summed E-state index contributed by atoms with van der Waals surface area (Å²) in [4.78, 5) is 25.0. The van der Waals surface area contributed by atoms with Gasteiger partial charge in [-0.05, 0) is 24.6 Å². The van der Waals surface area contributed by atoms with Crippen LogP contribution in [0.3, 0.4) is 0 Å². The highest BCUT2D eigenvalue weighted by atomic mass is 35.5. The van der Waals surface area contributed by atoms with Crippen molar-refractivity contribution in [2.45, 2.75) is 19.4 Å². The number of benzene rings is 1. The molecule has 1 aromatic rings. The molecule has 2 amide bonds. The van der Waals surface area contributed by atoms with Crippen molar-refractivity contribution in [1.82, 2.24) is 4.90 Å². The lowest BCUT2D eigenvalue weighted by Gasteiger charge is -2.14. The van der Waals surface area contributed by atoms with Crippen molar-refractivity contribution in [1.29, 1.82) is 0 Å². The number of anilines is 1. The second-order valence-electron chi connectivity index (χ2n) is 4.40. The van der Waals surface area contributed by atoms with Gasteiger partial charge in [-0.2, -0.15) is 0 Å². The minimum absolute atomic E-state index is 0.221. The van der Waals surface area contributed by atoms with E-state index >= 15 is 0 Å². The van der Waals surface area contributed by atoms with E-state index in [-0.39, 0.29) is 11.8 Å². The molecule has 0 spiro atoms. The topological polar surface area (TPSA) is 75.4 Å². The van der Waals surface area contributed by atoms with E-state index < -0.39 is 6.04 Å². The van der Waals surface area contributed by atoms with Crippen molar-refractivity contribution in [3.05, 3.63) is 28.8 Å². The highest BCUT2D eigenvalue weighted by molar-refractivity contribution is 6.34. The van der Waals surface area contributed by atoms with Gasteiger partial charge in [0, 0.05) is 19.8 Å². The normalized spacial score (nSPS) is 11.8. The number of amides is 2. The minimum atomic E-state index is -0.566. The maximum absolute atomic E-state index is 11.9. The predicted molar refractivity (Wildman–Crippen MR) is 76.4 cm³/mol. The SMILES string of the molecule is CC[C@H](N)C(=O)Nc1ccc(Cl)c(C(=O)N(C)C)c1. The first kappa shape index (κ1) is 15.5. The smallest absolute Gasteiger partial charge is 0.254 e. The molecular formula is C13H18ClN3O2. The molecule has 104 valence electrons. The van der Waals surface area contributed by atoms with Crippen LogP contribution >= 0.6 is 11.6 Å².